The molecule has 3 aromatic rings. The van der Waals surface area contributed by atoms with Crippen molar-refractivity contribution in [1.29, 1.82) is 0 Å². The van der Waals surface area contributed by atoms with Gasteiger partial charge in [-0.1, -0.05) is 47.3 Å². The number of hydrogen-bond donors (Lipinski definition) is 1. The molecule has 2 aromatic carbocycles. The van der Waals surface area contributed by atoms with E-state index in [1.54, 1.807) is 12.0 Å². The Labute approximate surface area is 201 Å². The summed E-state index contributed by atoms with van der Waals surface area (Å²) in [6.07, 6.45) is 5.68. The van der Waals surface area contributed by atoms with Crippen LogP contribution in [0.3, 0.4) is 0 Å². The number of methoxy groups -OCH3 is 1. The van der Waals surface area contributed by atoms with Crippen molar-refractivity contribution in [1.82, 2.24) is 14.8 Å². The molecule has 170 valence electrons. The summed E-state index contributed by atoms with van der Waals surface area (Å²) in [7, 11) is 1.64. The number of aromatic amines is 1. The van der Waals surface area contributed by atoms with Gasteiger partial charge in [-0.05, 0) is 54.3 Å². The molecule has 0 radical (unpaired) electrons. The maximum absolute atomic E-state index is 13.8. The number of aromatic nitrogens is 1. The fourth-order valence-corrected chi connectivity index (χ4v) is 6.28. The third-order valence-electron chi connectivity index (χ3n) is 7.51. The summed E-state index contributed by atoms with van der Waals surface area (Å²) in [5.74, 6) is 0.722. The molecule has 2 fully saturated rings. The van der Waals surface area contributed by atoms with Gasteiger partial charge in [0, 0.05) is 33.5 Å². The lowest BCUT2D eigenvalue weighted by atomic mass is 9.88. The number of ether oxygens (including phenoxy) is 1. The van der Waals surface area contributed by atoms with Crippen LogP contribution in [0.2, 0.25) is 0 Å². The number of amides is 3. The van der Waals surface area contributed by atoms with Crippen LogP contribution in [-0.2, 0) is 11.2 Å². The molecular formula is C26H26BrN3O3. The standard InChI is InChI=1S/C26H26BrN3O3/c1-33-18-10-7-15(8-11-18)24-23-20(19-13-16(27)9-12-21(19)28-23)14-22-25(31)29(26(32)30(22)24)17-5-3-2-4-6-17/h7-13,17,22,24,28H,2-6,14H2,1H3. The van der Waals surface area contributed by atoms with Gasteiger partial charge in [-0.2, -0.15) is 0 Å². The summed E-state index contributed by atoms with van der Waals surface area (Å²) >= 11 is 3.59. The van der Waals surface area contributed by atoms with Crippen molar-refractivity contribution in [2.24, 2.45) is 0 Å². The summed E-state index contributed by atoms with van der Waals surface area (Å²) in [6.45, 7) is 0. The number of fused-ring (bicyclic) bond motifs is 4. The molecule has 6 rings (SSSR count). The Morgan fingerprint density at radius 1 is 1.03 bits per heavy atom. The second-order valence-corrected chi connectivity index (χ2v) is 10.2. The molecule has 1 saturated heterocycles. The lowest BCUT2D eigenvalue weighted by Gasteiger charge is -2.36. The predicted molar refractivity (Wildman–Crippen MR) is 129 cm³/mol. The number of hydrogen-bond acceptors (Lipinski definition) is 3. The molecule has 1 N–H and O–H groups in total. The zero-order valence-electron chi connectivity index (χ0n) is 18.5. The highest BCUT2D eigenvalue weighted by atomic mass is 79.9. The minimum atomic E-state index is -0.475. The number of halogens is 1. The number of nitrogens with zero attached hydrogens (tertiary/aromatic N) is 2. The topological polar surface area (TPSA) is 65.6 Å². The normalized spacial score (nSPS) is 23.2. The Balaban J connectivity index is 1.50. The van der Waals surface area contributed by atoms with Gasteiger partial charge in [0.25, 0.3) is 5.91 Å². The Bertz CT molecular complexity index is 1250. The van der Waals surface area contributed by atoms with E-state index in [1.807, 2.05) is 41.3 Å². The van der Waals surface area contributed by atoms with Crippen molar-refractivity contribution in [3.8, 4) is 5.75 Å². The number of rotatable bonds is 3. The van der Waals surface area contributed by atoms with E-state index in [1.165, 1.54) is 6.42 Å². The second-order valence-electron chi connectivity index (χ2n) is 9.29. The van der Waals surface area contributed by atoms with Crippen molar-refractivity contribution in [3.05, 3.63) is 63.8 Å². The van der Waals surface area contributed by atoms with Crippen LogP contribution in [0.15, 0.2) is 46.9 Å². The van der Waals surface area contributed by atoms with Crippen LogP contribution in [0.4, 0.5) is 4.79 Å². The van der Waals surface area contributed by atoms with E-state index >= 15 is 0 Å². The SMILES string of the molecule is COc1ccc(C2c3[nH]c4ccc(Br)cc4c3CC3C(=O)N(C4CCCCC4)C(=O)N32)cc1. The van der Waals surface area contributed by atoms with E-state index in [9.17, 15) is 9.59 Å². The van der Waals surface area contributed by atoms with Crippen LogP contribution in [0.25, 0.3) is 10.9 Å². The number of nitrogens with one attached hydrogen (secondary N) is 1. The van der Waals surface area contributed by atoms with Crippen LogP contribution < -0.4 is 4.74 Å². The zero-order valence-corrected chi connectivity index (χ0v) is 20.1. The second kappa shape index (κ2) is 7.90. The molecule has 1 aliphatic carbocycles. The summed E-state index contributed by atoms with van der Waals surface area (Å²) in [6, 6.07) is 13.0. The Kier molecular flexibility index (Phi) is 4.98. The zero-order chi connectivity index (χ0) is 22.7. The Hall–Kier alpha value is -2.80. The monoisotopic (exact) mass is 507 g/mol. The first-order chi connectivity index (χ1) is 16.1. The molecule has 6 nitrogen and oxygen atoms in total. The predicted octanol–water partition coefficient (Wildman–Crippen LogP) is 5.55. The van der Waals surface area contributed by atoms with Crippen LogP contribution in [0.1, 0.15) is 55.0 Å². The summed E-state index contributed by atoms with van der Waals surface area (Å²) in [4.78, 5) is 34.5. The first-order valence-corrected chi connectivity index (χ1v) is 12.5. The number of benzene rings is 2. The number of carbonyl (C=O) groups is 2. The van der Waals surface area contributed by atoms with Crippen molar-refractivity contribution >= 4 is 38.8 Å². The van der Waals surface area contributed by atoms with Crippen LogP contribution in [-0.4, -0.2) is 45.9 Å². The molecule has 1 saturated carbocycles. The van der Waals surface area contributed by atoms with E-state index in [4.69, 9.17) is 4.74 Å². The minimum absolute atomic E-state index is 0.0186. The molecule has 3 aliphatic rings. The highest BCUT2D eigenvalue weighted by Crippen LogP contribution is 2.45. The molecule has 3 heterocycles. The van der Waals surface area contributed by atoms with Crippen LogP contribution in [0, 0.1) is 0 Å². The summed E-state index contributed by atoms with van der Waals surface area (Å²) in [5, 5.41) is 1.11. The average molecular weight is 508 g/mol. The smallest absolute Gasteiger partial charge is 0.328 e. The maximum atomic E-state index is 13.8. The fraction of sp³-hybridized carbons (Fsp3) is 0.385. The average Bonchev–Trinajstić information content (AvgIpc) is 3.32. The molecule has 0 bridgehead atoms. The number of H-pyrrole nitrogens is 1. The van der Waals surface area contributed by atoms with Gasteiger partial charge in [-0.15, -0.1) is 0 Å². The highest BCUT2D eigenvalue weighted by Gasteiger charge is 2.54. The van der Waals surface area contributed by atoms with Crippen LogP contribution >= 0.6 is 15.9 Å². The summed E-state index contributed by atoms with van der Waals surface area (Å²) in [5.41, 5.74) is 4.11. The fourth-order valence-electron chi connectivity index (χ4n) is 5.92. The number of carbonyl (C=O) groups excluding carboxylic acids is 2. The molecule has 1 aromatic heterocycles. The Morgan fingerprint density at radius 2 is 1.79 bits per heavy atom. The maximum Gasteiger partial charge on any atom is 0.328 e. The van der Waals surface area contributed by atoms with Crippen LogP contribution in [0.5, 0.6) is 5.75 Å². The molecule has 33 heavy (non-hydrogen) atoms. The van der Waals surface area contributed by atoms with Crippen molar-refractivity contribution in [2.45, 2.75) is 56.7 Å². The van der Waals surface area contributed by atoms with Gasteiger partial charge in [-0.3, -0.25) is 14.6 Å². The van der Waals surface area contributed by atoms with Gasteiger partial charge in [0.05, 0.1) is 7.11 Å². The molecular weight excluding hydrogens is 482 g/mol. The van der Waals surface area contributed by atoms with E-state index in [0.29, 0.717) is 6.42 Å². The third kappa shape index (κ3) is 3.20. The van der Waals surface area contributed by atoms with E-state index in [-0.39, 0.29) is 24.0 Å². The first-order valence-electron chi connectivity index (χ1n) is 11.7. The minimum Gasteiger partial charge on any atom is -0.497 e. The highest BCUT2D eigenvalue weighted by molar-refractivity contribution is 9.10. The molecule has 2 atom stereocenters. The molecule has 2 unspecified atom stereocenters. The van der Waals surface area contributed by atoms with Crippen molar-refractivity contribution < 1.29 is 14.3 Å². The van der Waals surface area contributed by atoms with Gasteiger partial charge in [0.15, 0.2) is 0 Å². The number of urea groups is 1. The van der Waals surface area contributed by atoms with E-state index in [2.05, 4.69) is 27.0 Å². The molecule has 3 amide bonds. The van der Waals surface area contributed by atoms with Crippen molar-refractivity contribution in [3.63, 3.8) is 0 Å². The summed E-state index contributed by atoms with van der Waals surface area (Å²) < 4.78 is 6.35. The molecule has 7 heteroatoms. The van der Waals surface area contributed by atoms with Gasteiger partial charge in [0.2, 0.25) is 0 Å². The Morgan fingerprint density at radius 3 is 2.52 bits per heavy atom. The van der Waals surface area contributed by atoms with Crippen molar-refractivity contribution in [2.75, 3.05) is 7.11 Å². The quantitative estimate of drug-likeness (QED) is 0.472. The molecule has 2 aliphatic heterocycles. The molecule has 0 spiro atoms. The van der Waals surface area contributed by atoms with Gasteiger partial charge >= 0.3 is 6.03 Å². The third-order valence-corrected chi connectivity index (χ3v) is 8.00. The van der Waals surface area contributed by atoms with Gasteiger partial charge in [0.1, 0.15) is 17.8 Å². The number of imide groups is 1. The lowest BCUT2D eigenvalue weighted by molar-refractivity contribution is -0.130. The largest absolute Gasteiger partial charge is 0.497 e. The van der Waals surface area contributed by atoms with Gasteiger partial charge in [-0.25, -0.2) is 4.79 Å². The van der Waals surface area contributed by atoms with Gasteiger partial charge < -0.3 is 9.72 Å². The van der Waals surface area contributed by atoms with E-state index in [0.717, 1.165) is 63.6 Å². The van der Waals surface area contributed by atoms with E-state index < -0.39 is 6.04 Å². The first kappa shape index (κ1) is 20.8. The lowest BCUT2D eigenvalue weighted by Crippen LogP contribution is -2.44.